The summed E-state index contributed by atoms with van der Waals surface area (Å²) in [5, 5.41) is 11.4. The Morgan fingerprint density at radius 1 is 1.10 bits per heavy atom. The number of amides is 2. The first kappa shape index (κ1) is 20.1. The molecule has 0 radical (unpaired) electrons. The van der Waals surface area contributed by atoms with Crippen molar-refractivity contribution >= 4 is 23.6 Å². The lowest BCUT2D eigenvalue weighted by atomic mass is 9.99. The molecule has 0 aromatic heterocycles. The van der Waals surface area contributed by atoms with Gasteiger partial charge >= 0.3 is 0 Å². The minimum atomic E-state index is -0.653. The predicted octanol–water partition coefficient (Wildman–Crippen LogP) is 2.49. The van der Waals surface area contributed by atoms with E-state index in [-0.39, 0.29) is 28.6 Å². The molecule has 1 aliphatic rings. The summed E-state index contributed by atoms with van der Waals surface area (Å²) in [6.07, 6.45) is 1.72. The van der Waals surface area contributed by atoms with Gasteiger partial charge in [0.2, 0.25) is 5.91 Å². The van der Waals surface area contributed by atoms with E-state index in [1.54, 1.807) is 13.1 Å². The van der Waals surface area contributed by atoms with E-state index in [1.807, 2.05) is 30.3 Å². The summed E-state index contributed by atoms with van der Waals surface area (Å²) in [5.41, 5.74) is 0.915. The molecule has 0 bridgehead atoms. The zero-order valence-corrected chi connectivity index (χ0v) is 16.4. The summed E-state index contributed by atoms with van der Waals surface area (Å²) in [7, 11) is 4.45. The van der Waals surface area contributed by atoms with Crippen LogP contribution in [-0.2, 0) is 16.0 Å². The van der Waals surface area contributed by atoms with Crippen LogP contribution in [-0.4, -0.2) is 53.8 Å². The van der Waals surface area contributed by atoms with Crippen LogP contribution in [0.25, 0.3) is 6.08 Å². The second kappa shape index (κ2) is 8.14. The van der Waals surface area contributed by atoms with Gasteiger partial charge in [-0.25, -0.2) is 0 Å². The minimum Gasteiger partial charge on any atom is -0.496 e. The number of piperazine rings is 1. The molecule has 1 heterocycles. The highest BCUT2D eigenvalue weighted by atomic mass is 16.6. The number of hydrogen-bond acceptors (Lipinski definition) is 5. The molecule has 1 saturated heterocycles. The maximum Gasteiger partial charge on any atom is 0.280 e. The Bertz CT molecular complexity index is 987. The van der Waals surface area contributed by atoms with Gasteiger partial charge in [-0.1, -0.05) is 36.4 Å². The van der Waals surface area contributed by atoms with Gasteiger partial charge in [0.25, 0.3) is 11.6 Å². The first-order chi connectivity index (χ1) is 13.8. The summed E-state index contributed by atoms with van der Waals surface area (Å²) in [6.45, 7) is 0. The zero-order chi connectivity index (χ0) is 21.1. The molecule has 150 valence electrons. The average Bonchev–Trinajstić information content (AvgIpc) is 2.73. The molecule has 2 aromatic rings. The van der Waals surface area contributed by atoms with Crippen LogP contribution in [0.4, 0.5) is 5.69 Å². The fourth-order valence-corrected chi connectivity index (χ4v) is 3.35. The lowest BCUT2D eigenvalue weighted by molar-refractivity contribution is -0.385. The van der Waals surface area contributed by atoms with E-state index in [0.29, 0.717) is 6.42 Å². The summed E-state index contributed by atoms with van der Waals surface area (Å²) in [6, 6.07) is 13.2. The molecule has 1 fully saturated rings. The smallest absolute Gasteiger partial charge is 0.280 e. The quantitative estimate of drug-likeness (QED) is 0.441. The number of methoxy groups -OCH3 is 1. The van der Waals surface area contributed by atoms with E-state index >= 15 is 0 Å². The van der Waals surface area contributed by atoms with E-state index < -0.39 is 16.9 Å². The number of likely N-dealkylation sites (N-methyl/N-ethyl adjacent to an activating group) is 2. The fourth-order valence-electron chi connectivity index (χ4n) is 3.35. The van der Waals surface area contributed by atoms with Gasteiger partial charge in [0.15, 0.2) is 0 Å². The number of nitro groups is 1. The minimum absolute atomic E-state index is 0.0504. The van der Waals surface area contributed by atoms with Crippen LogP contribution >= 0.6 is 0 Å². The number of nitro benzene ring substituents is 1. The maximum atomic E-state index is 13.0. The van der Waals surface area contributed by atoms with E-state index in [1.165, 1.54) is 42.2 Å². The van der Waals surface area contributed by atoms with Gasteiger partial charge in [0.05, 0.1) is 17.6 Å². The second-order valence-electron chi connectivity index (χ2n) is 6.70. The van der Waals surface area contributed by atoms with Crippen LogP contribution in [0.15, 0.2) is 54.2 Å². The zero-order valence-electron chi connectivity index (χ0n) is 16.4. The molecule has 0 saturated carbocycles. The Kier molecular flexibility index (Phi) is 5.63. The van der Waals surface area contributed by atoms with Crippen molar-refractivity contribution in [3.05, 3.63) is 75.5 Å². The van der Waals surface area contributed by atoms with Gasteiger partial charge in [0, 0.05) is 26.6 Å². The largest absolute Gasteiger partial charge is 0.496 e. The number of rotatable bonds is 5. The molecule has 1 unspecified atom stereocenters. The highest BCUT2D eigenvalue weighted by Crippen LogP contribution is 2.32. The van der Waals surface area contributed by atoms with Gasteiger partial charge in [-0.15, -0.1) is 0 Å². The highest BCUT2D eigenvalue weighted by molar-refractivity contribution is 6.07. The van der Waals surface area contributed by atoms with Gasteiger partial charge in [0.1, 0.15) is 17.5 Å². The van der Waals surface area contributed by atoms with E-state index in [0.717, 1.165) is 5.56 Å². The Balaban J connectivity index is 2.00. The fraction of sp³-hybridized carbons (Fsp3) is 0.238. The molecule has 2 amide bonds. The molecule has 0 aliphatic carbocycles. The van der Waals surface area contributed by atoms with Crippen molar-refractivity contribution in [3.8, 4) is 5.75 Å². The third-order valence-electron chi connectivity index (χ3n) is 5.00. The number of benzene rings is 2. The van der Waals surface area contributed by atoms with Crippen molar-refractivity contribution in [2.45, 2.75) is 12.5 Å². The van der Waals surface area contributed by atoms with Crippen LogP contribution < -0.4 is 4.74 Å². The average molecular weight is 395 g/mol. The van der Waals surface area contributed by atoms with Crippen LogP contribution in [0.2, 0.25) is 0 Å². The van der Waals surface area contributed by atoms with Gasteiger partial charge in [-0.05, 0) is 17.7 Å². The van der Waals surface area contributed by atoms with Gasteiger partial charge in [-0.2, -0.15) is 0 Å². The van der Waals surface area contributed by atoms with Gasteiger partial charge < -0.3 is 14.5 Å². The Morgan fingerprint density at radius 2 is 1.79 bits per heavy atom. The summed E-state index contributed by atoms with van der Waals surface area (Å²) >= 11 is 0. The number of nitrogens with zero attached hydrogens (tertiary/aromatic N) is 3. The molecule has 0 N–H and O–H groups in total. The molecule has 1 atom stereocenters. The Hall–Kier alpha value is -3.68. The van der Waals surface area contributed by atoms with Crippen LogP contribution in [0.3, 0.4) is 0 Å². The summed E-state index contributed by atoms with van der Waals surface area (Å²) < 4.78 is 5.22. The van der Waals surface area contributed by atoms with E-state index in [2.05, 4.69) is 0 Å². The lowest BCUT2D eigenvalue weighted by Gasteiger charge is -2.38. The number of hydrogen-bond donors (Lipinski definition) is 0. The molecule has 0 spiro atoms. The van der Waals surface area contributed by atoms with Crippen LogP contribution in [0.5, 0.6) is 5.75 Å². The topological polar surface area (TPSA) is 93.0 Å². The SMILES string of the molecule is COc1cccc([N+](=O)[O-])c1C=C1C(=O)N(C)C(Cc2ccccc2)C(=O)N1C. The second-order valence-corrected chi connectivity index (χ2v) is 6.70. The number of ether oxygens (including phenoxy) is 1. The van der Waals surface area contributed by atoms with Crippen molar-refractivity contribution in [3.63, 3.8) is 0 Å². The number of carbonyl (C=O) groups is 2. The van der Waals surface area contributed by atoms with E-state index in [4.69, 9.17) is 4.74 Å². The first-order valence-corrected chi connectivity index (χ1v) is 8.97. The monoisotopic (exact) mass is 395 g/mol. The third-order valence-corrected chi connectivity index (χ3v) is 5.00. The van der Waals surface area contributed by atoms with Crippen molar-refractivity contribution in [2.24, 2.45) is 0 Å². The standard InChI is InChI=1S/C21H21N3O5/c1-22-17(12-14-8-5-4-6-9-14)20(25)23(2)18(21(22)26)13-15-16(24(27)28)10-7-11-19(15)29-3/h4-11,13,17H,12H2,1-3H3. The third kappa shape index (κ3) is 3.82. The normalized spacial score (nSPS) is 18.3. The molecule has 2 aromatic carbocycles. The molecule has 1 aliphatic heterocycles. The molecular weight excluding hydrogens is 374 g/mol. The molecule has 3 rings (SSSR count). The van der Waals surface area contributed by atoms with Crippen molar-refractivity contribution < 1.29 is 19.2 Å². The Labute approximate surface area is 168 Å². The summed E-state index contributed by atoms with van der Waals surface area (Å²) in [4.78, 5) is 39.5. The van der Waals surface area contributed by atoms with Crippen LogP contribution in [0, 0.1) is 10.1 Å². The highest BCUT2D eigenvalue weighted by Gasteiger charge is 2.39. The van der Waals surface area contributed by atoms with Crippen molar-refractivity contribution in [1.29, 1.82) is 0 Å². The lowest BCUT2D eigenvalue weighted by Crippen LogP contribution is -2.56. The molecule has 8 heteroatoms. The summed E-state index contributed by atoms with van der Waals surface area (Å²) in [5.74, 6) is -0.414. The van der Waals surface area contributed by atoms with E-state index in [9.17, 15) is 19.7 Å². The van der Waals surface area contributed by atoms with Crippen LogP contribution in [0.1, 0.15) is 11.1 Å². The van der Waals surface area contributed by atoms with Gasteiger partial charge in [-0.3, -0.25) is 19.7 Å². The molecule has 8 nitrogen and oxygen atoms in total. The number of carbonyl (C=O) groups excluding carboxylic acids is 2. The Morgan fingerprint density at radius 3 is 2.41 bits per heavy atom. The molecular formula is C21H21N3O5. The van der Waals surface area contributed by atoms with Crippen molar-refractivity contribution in [2.75, 3.05) is 21.2 Å². The van der Waals surface area contributed by atoms with Crippen molar-refractivity contribution in [1.82, 2.24) is 9.80 Å². The first-order valence-electron chi connectivity index (χ1n) is 8.97. The predicted molar refractivity (Wildman–Crippen MR) is 107 cm³/mol. The maximum absolute atomic E-state index is 13.0. The molecule has 29 heavy (non-hydrogen) atoms.